The van der Waals surface area contributed by atoms with Gasteiger partial charge >= 0.3 is 0 Å². The summed E-state index contributed by atoms with van der Waals surface area (Å²) < 4.78 is 8.20. The summed E-state index contributed by atoms with van der Waals surface area (Å²) >= 11 is 1.12. The fourth-order valence-corrected chi connectivity index (χ4v) is 3.13. The fourth-order valence-electron chi connectivity index (χ4n) is 2.61. The predicted octanol–water partition coefficient (Wildman–Crippen LogP) is 0.553. The molecule has 0 aliphatic heterocycles. The van der Waals surface area contributed by atoms with Crippen LogP contribution in [0.25, 0.3) is 11.0 Å². The molecule has 3 rings (SSSR count). The molecule has 1 aromatic carbocycles. The highest BCUT2D eigenvalue weighted by atomic mass is 32.1. The van der Waals surface area contributed by atoms with E-state index in [-0.39, 0.29) is 24.5 Å². The number of aliphatic hydroxyl groups excluding tert-OH is 2. The maximum absolute atomic E-state index is 12.2. The molecule has 1 aliphatic rings. The van der Waals surface area contributed by atoms with Gasteiger partial charge in [-0.1, -0.05) is 0 Å². The summed E-state index contributed by atoms with van der Waals surface area (Å²) in [6.45, 7) is -0.0516. The van der Waals surface area contributed by atoms with Crippen molar-refractivity contribution in [1.82, 2.24) is 14.1 Å². The number of benzene rings is 1. The molecule has 6 nitrogen and oxygen atoms in total. The lowest BCUT2D eigenvalue weighted by atomic mass is 10.1. The van der Waals surface area contributed by atoms with Crippen molar-refractivity contribution in [2.45, 2.75) is 25.0 Å². The van der Waals surface area contributed by atoms with Crippen molar-refractivity contribution >= 4 is 28.7 Å². The van der Waals surface area contributed by atoms with E-state index in [0.29, 0.717) is 23.9 Å². The van der Waals surface area contributed by atoms with Gasteiger partial charge in [-0.05, 0) is 31.0 Å². The van der Waals surface area contributed by atoms with Gasteiger partial charge in [-0.3, -0.25) is 4.79 Å². The summed E-state index contributed by atoms with van der Waals surface area (Å²) in [5, 5.41) is 21.7. The van der Waals surface area contributed by atoms with E-state index in [2.05, 4.69) is 14.1 Å². The van der Waals surface area contributed by atoms with Crippen molar-refractivity contribution in [3.63, 3.8) is 0 Å². The molecule has 106 valence electrons. The minimum Gasteiger partial charge on any atom is -0.396 e. The lowest BCUT2D eigenvalue weighted by molar-refractivity contribution is 0.0903. The normalized spacial score (nSPS) is 26.0. The van der Waals surface area contributed by atoms with Crippen LogP contribution in [0.5, 0.6) is 0 Å². The van der Waals surface area contributed by atoms with Crippen molar-refractivity contribution in [3.05, 3.63) is 23.8 Å². The number of rotatable bonds is 3. The molecular weight excluding hydrogens is 278 g/mol. The number of nitrogens with one attached hydrogen (secondary N) is 1. The Kier molecular flexibility index (Phi) is 3.64. The van der Waals surface area contributed by atoms with Crippen molar-refractivity contribution in [2.75, 3.05) is 6.61 Å². The molecule has 0 spiro atoms. The molecule has 3 N–H and O–H groups in total. The van der Waals surface area contributed by atoms with E-state index >= 15 is 0 Å². The number of aromatic nitrogens is 2. The van der Waals surface area contributed by atoms with E-state index in [1.807, 2.05) is 0 Å². The summed E-state index contributed by atoms with van der Waals surface area (Å²) in [4.78, 5) is 12.2. The second kappa shape index (κ2) is 5.43. The van der Waals surface area contributed by atoms with Gasteiger partial charge in [0, 0.05) is 24.1 Å². The minimum absolute atomic E-state index is 0.0516. The van der Waals surface area contributed by atoms with E-state index in [9.17, 15) is 9.90 Å². The van der Waals surface area contributed by atoms with Gasteiger partial charge in [-0.2, -0.15) is 8.75 Å². The Hall–Kier alpha value is -1.57. The number of aliphatic hydroxyl groups is 2. The second-order valence-electron chi connectivity index (χ2n) is 5.12. The van der Waals surface area contributed by atoms with Crippen LogP contribution in [0.3, 0.4) is 0 Å². The smallest absolute Gasteiger partial charge is 0.251 e. The summed E-state index contributed by atoms with van der Waals surface area (Å²) in [5.74, 6) is -0.332. The van der Waals surface area contributed by atoms with Crippen molar-refractivity contribution in [1.29, 1.82) is 0 Å². The zero-order valence-corrected chi connectivity index (χ0v) is 11.5. The first-order valence-electron chi connectivity index (χ1n) is 6.49. The Morgan fingerprint density at radius 1 is 1.35 bits per heavy atom. The third kappa shape index (κ3) is 2.52. The van der Waals surface area contributed by atoms with Crippen LogP contribution < -0.4 is 5.32 Å². The molecule has 20 heavy (non-hydrogen) atoms. The number of carbonyl (C=O) groups excluding carboxylic acids is 1. The maximum Gasteiger partial charge on any atom is 0.251 e. The first-order valence-corrected chi connectivity index (χ1v) is 7.22. The van der Waals surface area contributed by atoms with Crippen LogP contribution >= 0.6 is 11.7 Å². The summed E-state index contributed by atoms with van der Waals surface area (Å²) in [7, 11) is 0. The Labute approximate surface area is 119 Å². The molecule has 3 atom stereocenters. The quantitative estimate of drug-likeness (QED) is 0.768. The third-order valence-electron chi connectivity index (χ3n) is 3.74. The van der Waals surface area contributed by atoms with Crippen LogP contribution in [0.4, 0.5) is 0 Å². The zero-order chi connectivity index (χ0) is 14.1. The molecule has 1 aliphatic carbocycles. The van der Waals surface area contributed by atoms with Crippen molar-refractivity contribution < 1.29 is 15.0 Å². The van der Waals surface area contributed by atoms with E-state index in [1.165, 1.54) is 0 Å². The topological polar surface area (TPSA) is 95.3 Å². The lowest BCUT2D eigenvalue weighted by Gasteiger charge is -2.12. The number of hydrogen-bond donors (Lipinski definition) is 3. The number of nitrogens with zero attached hydrogens (tertiary/aromatic N) is 2. The number of fused-ring (bicyclic) bond motifs is 1. The lowest BCUT2D eigenvalue weighted by Crippen LogP contribution is -2.33. The summed E-state index contributed by atoms with van der Waals surface area (Å²) in [6, 6.07) is 5.10. The minimum atomic E-state index is -0.546. The van der Waals surface area contributed by atoms with Crippen LogP contribution in [0.15, 0.2) is 18.2 Å². The van der Waals surface area contributed by atoms with E-state index in [1.54, 1.807) is 18.2 Å². The zero-order valence-electron chi connectivity index (χ0n) is 10.7. The Balaban J connectivity index is 1.70. The van der Waals surface area contributed by atoms with Gasteiger partial charge in [0.15, 0.2) is 0 Å². The second-order valence-corrected chi connectivity index (χ2v) is 5.65. The SMILES string of the molecule is O=C(NC1CC(O)C(CO)C1)c1ccc2nsnc2c1. The van der Waals surface area contributed by atoms with Crippen LogP contribution in [0.1, 0.15) is 23.2 Å². The molecule has 0 radical (unpaired) electrons. The summed E-state index contributed by atoms with van der Waals surface area (Å²) in [5.41, 5.74) is 2.03. The molecule has 7 heteroatoms. The molecule has 1 fully saturated rings. The number of hydrogen-bond acceptors (Lipinski definition) is 6. The van der Waals surface area contributed by atoms with Gasteiger partial charge in [0.05, 0.1) is 17.8 Å². The molecule has 1 aromatic heterocycles. The highest BCUT2D eigenvalue weighted by Gasteiger charge is 2.33. The van der Waals surface area contributed by atoms with Crippen LogP contribution in [-0.2, 0) is 0 Å². The molecule has 0 saturated heterocycles. The molecule has 3 unspecified atom stereocenters. The molecule has 0 bridgehead atoms. The van der Waals surface area contributed by atoms with Crippen LogP contribution in [0, 0.1) is 5.92 Å². The first-order chi connectivity index (χ1) is 9.67. The van der Waals surface area contributed by atoms with Gasteiger partial charge in [0.2, 0.25) is 0 Å². The highest BCUT2D eigenvalue weighted by Crippen LogP contribution is 2.26. The average molecular weight is 293 g/mol. The van der Waals surface area contributed by atoms with Crippen LogP contribution in [0.2, 0.25) is 0 Å². The van der Waals surface area contributed by atoms with Crippen molar-refractivity contribution in [3.8, 4) is 0 Å². The Bertz CT molecular complexity index is 630. The van der Waals surface area contributed by atoms with Gasteiger partial charge < -0.3 is 15.5 Å². The highest BCUT2D eigenvalue weighted by molar-refractivity contribution is 7.00. The van der Waals surface area contributed by atoms with E-state index < -0.39 is 6.10 Å². The molecule has 1 amide bonds. The largest absolute Gasteiger partial charge is 0.396 e. The van der Waals surface area contributed by atoms with Crippen LogP contribution in [-0.4, -0.2) is 43.6 Å². The molecule has 1 saturated carbocycles. The first kappa shape index (κ1) is 13.4. The van der Waals surface area contributed by atoms with Gasteiger partial charge in [0.25, 0.3) is 5.91 Å². The molecule has 1 heterocycles. The van der Waals surface area contributed by atoms with E-state index in [0.717, 1.165) is 17.2 Å². The van der Waals surface area contributed by atoms with Crippen molar-refractivity contribution in [2.24, 2.45) is 5.92 Å². The maximum atomic E-state index is 12.2. The summed E-state index contributed by atoms with van der Waals surface area (Å²) in [6.07, 6.45) is 0.539. The number of carbonyl (C=O) groups is 1. The Morgan fingerprint density at radius 3 is 2.90 bits per heavy atom. The monoisotopic (exact) mass is 293 g/mol. The third-order valence-corrected chi connectivity index (χ3v) is 4.30. The molecular formula is C13H15N3O3S. The molecule has 2 aromatic rings. The van der Waals surface area contributed by atoms with Gasteiger partial charge in [-0.25, -0.2) is 0 Å². The average Bonchev–Trinajstić information content (AvgIpc) is 3.03. The standard InChI is InChI=1S/C13H15N3O3S/c17-6-8-3-9(5-12(8)18)14-13(19)7-1-2-10-11(4-7)16-20-15-10/h1-2,4,8-9,12,17-18H,3,5-6H2,(H,14,19). The Morgan fingerprint density at radius 2 is 2.15 bits per heavy atom. The number of amides is 1. The predicted molar refractivity (Wildman–Crippen MR) is 74.5 cm³/mol. The fraction of sp³-hybridized carbons (Fsp3) is 0.462. The van der Waals surface area contributed by atoms with E-state index in [4.69, 9.17) is 5.11 Å². The van der Waals surface area contributed by atoms with Gasteiger partial charge in [-0.15, -0.1) is 0 Å². The van der Waals surface area contributed by atoms with Gasteiger partial charge in [0.1, 0.15) is 11.0 Å².